The molecule has 0 radical (unpaired) electrons. The second kappa shape index (κ2) is 5.56. The minimum atomic E-state index is -0.277. The predicted octanol–water partition coefficient (Wildman–Crippen LogP) is 2.81. The van der Waals surface area contributed by atoms with Gasteiger partial charge in [-0.25, -0.2) is 4.39 Å². The minimum absolute atomic E-state index is 0.277. The normalized spacial score (nSPS) is 16.1. The van der Waals surface area contributed by atoms with Gasteiger partial charge in [0.15, 0.2) is 0 Å². The van der Waals surface area contributed by atoms with E-state index in [2.05, 4.69) is 5.32 Å². The molecule has 0 rings (SSSR count). The van der Waals surface area contributed by atoms with Crippen molar-refractivity contribution in [3.05, 3.63) is 10.9 Å². The highest BCUT2D eigenvalue weighted by molar-refractivity contribution is 6.29. The van der Waals surface area contributed by atoms with Crippen LogP contribution in [0.25, 0.3) is 0 Å². The molecule has 1 N–H and O–H groups in total. The quantitative estimate of drug-likeness (QED) is 0.700. The zero-order valence-corrected chi connectivity index (χ0v) is 8.00. The average molecular weight is 180 g/mol. The number of rotatable bonds is 4. The summed E-state index contributed by atoms with van der Waals surface area (Å²) in [6.07, 6.45) is 1.54. The predicted molar refractivity (Wildman–Crippen MR) is 47.4 cm³/mol. The summed E-state index contributed by atoms with van der Waals surface area (Å²) in [5.74, 6) is -0.277. The first-order chi connectivity index (χ1) is 5.11. The lowest BCUT2D eigenvalue weighted by Crippen LogP contribution is -2.24. The Morgan fingerprint density at radius 2 is 2.18 bits per heavy atom. The Hall–Kier alpha value is -0.0800. The maximum atomic E-state index is 12.4. The van der Waals surface area contributed by atoms with Crippen LogP contribution >= 0.6 is 11.6 Å². The van der Waals surface area contributed by atoms with E-state index < -0.39 is 0 Å². The highest BCUT2D eigenvalue weighted by Crippen LogP contribution is 2.17. The molecule has 3 heteroatoms. The van der Waals surface area contributed by atoms with E-state index in [1.807, 2.05) is 14.0 Å². The molecule has 0 heterocycles. The largest absolute Gasteiger partial charge is 0.317 e. The van der Waals surface area contributed by atoms with Crippen molar-refractivity contribution in [2.75, 3.05) is 7.05 Å². The van der Waals surface area contributed by atoms with Crippen LogP contribution in [0.3, 0.4) is 0 Å². The van der Waals surface area contributed by atoms with E-state index in [0.717, 1.165) is 6.42 Å². The smallest absolute Gasteiger partial charge is 0.111 e. The third-order valence-corrected chi connectivity index (χ3v) is 2.12. The van der Waals surface area contributed by atoms with E-state index in [-0.39, 0.29) is 11.9 Å². The molecule has 0 spiro atoms. The molecule has 1 atom stereocenters. The third kappa shape index (κ3) is 4.38. The topological polar surface area (TPSA) is 12.0 Å². The van der Waals surface area contributed by atoms with Gasteiger partial charge in [0.1, 0.15) is 5.83 Å². The van der Waals surface area contributed by atoms with Crippen LogP contribution in [0.2, 0.25) is 0 Å². The Morgan fingerprint density at radius 3 is 2.45 bits per heavy atom. The van der Waals surface area contributed by atoms with Gasteiger partial charge < -0.3 is 5.32 Å². The molecule has 1 nitrogen and oxygen atoms in total. The summed E-state index contributed by atoms with van der Waals surface area (Å²) in [4.78, 5) is 0. The first-order valence-electron chi connectivity index (χ1n) is 3.79. The number of halogens is 2. The maximum Gasteiger partial charge on any atom is 0.111 e. The molecule has 66 valence electrons. The van der Waals surface area contributed by atoms with Crippen LogP contribution < -0.4 is 5.32 Å². The van der Waals surface area contributed by atoms with Gasteiger partial charge in [0.05, 0.1) is 5.03 Å². The molecule has 1 unspecified atom stereocenters. The lowest BCUT2D eigenvalue weighted by molar-refractivity contribution is 0.535. The highest BCUT2D eigenvalue weighted by Gasteiger charge is 2.06. The third-order valence-electron chi connectivity index (χ3n) is 1.70. The van der Waals surface area contributed by atoms with Gasteiger partial charge in [0, 0.05) is 12.5 Å². The van der Waals surface area contributed by atoms with Gasteiger partial charge in [-0.1, -0.05) is 18.5 Å². The zero-order chi connectivity index (χ0) is 8.85. The Kier molecular flexibility index (Phi) is 5.51. The molecule has 0 aliphatic heterocycles. The molecular formula is C8H15ClFN. The summed E-state index contributed by atoms with van der Waals surface area (Å²) in [5, 5.41) is 3.38. The summed E-state index contributed by atoms with van der Waals surface area (Å²) in [7, 11) is 1.85. The summed E-state index contributed by atoms with van der Waals surface area (Å²) in [5.41, 5.74) is 0. The molecule has 0 amide bonds. The van der Waals surface area contributed by atoms with Crippen LogP contribution in [-0.2, 0) is 0 Å². The zero-order valence-electron chi connectivity index (χ0n) is 7.25. The second-order valence-corrected chi connectivity index (χ2v) is 2.99. The van der Waals surface area contributed by atoms with Crippen LogP contribution in [0, 0.1) is 0 Å². The van der Waals surface area contributed by atoms with E-state index in [0.29, 0.717) is 11.5 Å². The average Bonchev–Trinajstić information content (AvgIpc) is 1.99. The Morgan fingerprint density at radius 1 is 1.64 bits per heavy atom. The molecule has 0 aliphatic carbocycles. The molecule has 0 bridgehead atoms. The highest BCUT2D eigenvalue weighted by atomic mass is 35.5. The lowest BCUT2D eigenvalue weighted by Gasteiger charge is -2.12. The Labute approximate surface area is 72.6 Å². The van der Waals surface area contributed by atoms with Gasteiger partial charge >= 0.3 is 0 Å². The second-order valence-electron chi connectivity index (χ2n) is 2.54. The van der Waals surface area contributed by atoms with Gasteiger partial charge in [-0.2, -0.15) is 0 Å². The Balaban J connectivity index is 3.91. The summed E-state index contributed by atoms with van der Waals surface area (Å²) in [6, 6.07) is 0.285. The minimum Gasteiger partial charge on any atom is -0.317 e. The van der Waals surface area contributed by atoms with E-state index >= 15 is 0 Å². The molecule has 0 aromatic heterocycles. The fraction of sp³-hybridized carbons (Fsp3) is 0.750. The van der Waals surface area contributed by atoms with E-state index in [4.69, 9.17) is 11.6 Å². The van der Waals surface area contributed by atoms with Crippen LogP contribution in [0.1, 0.15) is 26.7 Å². The van der Waals surface area contributed by atoms with Crippen molar-refractivity contribution >= 4 is 11.6 Å². The van der Waals surface area contributed by atoms with Crippen molar-refractivity contribution in [2.45, 2.75) is 32.7 Å². The summed E-state index contributed by atoms with van der Waals surface area (Å²) in [6.45, 7) is 3.42. The van der Waals surface area contributed by atoms with Gasteiger partial charge in [-0.15, -0.1) is 0 Å². The Bertz CT molecular complexity index is 137. The first-order valence-corrected chi connectivity index (χ1v) is 4.17. The number of hydrogen-bond donors (Lipinski definition) is 1. The standard InChI is InChI=1S/C8H15ClFN/c1-4-7(11-3)5-8(9)6(2)10/h7,11H,4-5H2,1-3H3. The van der Waals surface area contributed by atoms with Crippen molar-refractivity contribution < 1.29 is 4.39 Å². The molecule has 0 aromatic carbocycles. The maximum absolute atomic E-state index is 12.4. The molecule has 0 aliphatic rings. The van der Waals surface area contributed by atoms with E-state index in [1.54, 1.807) is 0 Å². The molecular weight excluding hydrogens is 165 g/mol. The van der Waals surface area contributed by atoms with Crippen LogP contribution in [0.5, 0.6) is 0 Å². The van der Waals surface area contributed by atoms with E-state index in [9.17, 15) is 4.39 Å². The van der Waals surface area contributed by atoms with Crippen molar-refractivity contribution in [3.63, 3.8) is 0 Å². The van der Waals surface area contributed by atoms with Crippen molar-refractivity contribution in [1.29, 1.82) is 0 Å². The van der Waals surface area contributed by atoms with Crippen molar-refractivity contribution in [2.24, 2.45) is 0 Å². The summed E-state index contributed by atoms with van der Waals surface area (Å²) < 4.78 is 12.4. The van der Waals surface area contributed by atoms with Crippen molar-refractivity contribution in [1.82, 2.24) is 5.32 Å². The number of hydrogen-bond acceptors (Lipinski definition) is 1. The monoisotopic (exact) mass is 179 g/mol. The molecule has 0 aromatic rings. The molecule has 0 fully saturated rings. The first kappa shape index (κ1) is 10.9. The summed E-state index contributed by atoms with van der Waals surface area (Å²) >= 11 is 5.63. The molecule has 0 saturated carbocycles. The van der Waals surface area contributed by atoms with Gasteiger partial charge in [0.2, 0.25) is 0 Å². The van der Waals surface area contributed by atoms with Crippen LogP contribution in [0.4, 0.5) is 4.39 Å². The fourth-order valence-corrected chi connectivity index (χ4v) is 0.994. The fourth-order valence-electron chi connectivity index (χ4n) is 0.807. The lowest BCUT2D eigenvalue weighted by atomic mass is 10.1. The van der Waals surface area contributed by atoms with Gasteiger partial charge in [-0.05, 0) is 20.4 Å². The van der Waals surface area contributed by atoms with E-state index in [1.165, 1.54) is 6.92 Å². The van der Waals surface area contributed by atoms with Gasteiger partial charge in [0.25, 0.3) is 0 Å². The van der Waals surface area contributed by atoms with Crippen LogP contribution in [-0.4, -0.2) is 13.1 Å². The van der Waals surface area contributed by atoms with Crippen molar-refractivity contribution in [3.8, 4) is 0 Å². The molecule has 0 saturated heterocycles. The SMILES string of the molecule is CCC(CC(Cl)=C(C)F)NC. The number of allylic oxidation sites excluding steroid dienone is 1. The van der Waals surface area contributed by atoms with Gasteiger partial charge in [-0.3, -0.25) is 0 Å². The van der Waals surface area contributed by atoms with Crippen LogP contribution in [0.15, 0.2) is 10.9 Å². The molecule has 11 heavy (non-hydrogen) atoms. The number of nitrogens with one attached hydrogen (secondary N) is 1.